The molecule has 1 amide bonds. The third-order valence-electron chi connectivity index (χ3n) is 2.57. The van der Waals surface area contributed by atoms with E-state index in [1.165, 1.54) is 6.07 Å². The molecule has 0 bridgehead atoms. The van der Waals surface area contributed by atoms with E-state index in [1.807, 2.05) is 11.8 Å². The standard InChI is InChI=1S/C11H12N2O3/c1-2-13-6-10(14)12-8-5-7(11(15)16)3-4-9(8)13/h3-5H,2,6H2,1H3,(H,12,14)(H,15,16). The molecule has 1 aromatic rings. The Balaban J connectivity index is 2.46. The van der Waals surface area contributed by atoms with E-state index in [4.69, 9.17) is 5.11 Å². The van der Waals surface area contributed by atoms with Gasteiger partial charge < -0.3 is 15.3 Å². The number of benzene rings is 1. The minimum absolute atomic E-state index is 0.114. The molecule has 0 unspecified atom stereocenters. The van der Waals surface area contributed by atoms with Crippen molar-refractivity contribution in [2.75, 3.05) is 23.3 Å². The summed E-state index contributed by atoms with van der Waals surface area (Å²) in [5.74, 6) is -1.11. The zero-order chi connectivity index (χ0) is 11.7. The smallest absolute Gasteiger partial charge is 0.335 e. The molecule has 5 heteroatoms. The summed E-state index contributed by atoms with van der Waals surface area (Å²) >= 11 is 0. The average Bonchev–Trinajstić information content (AvgIpc) is 2.26. The molecule has 84 valence electrons. The molecule has 0 radical (unpaired) electrons. The molecule has 0 atom stereocenters. The van der Waals surface area contributed by atoms with Crippen LogP contribution in [-0.4, -0.2) is 30.1 Å². The van der Waals surface area contributed by atoms with Gasteiger partial charge in [0.25, 0.3) is 0 Å². The molecule has 2 N–H and O–H groups in total. The molecule has 1 aliphatic heterocycles. The molecule has 0 aromatic heterocycles. The molecule has 0 aliphatic carbocycles. The minimum atomic E-state index is -0.995. The van der Waals surface area contributed by atoms with Crippen LogP contribution in [0.4, 0.5) is 11.4 Å². The molecule has 0 saturated heterocycles. The number of carboxylic acids is 1. The van der Waals surface area contributed by atoms with E-state index in [0.29, 0.717) is 18.8 Å². The average molecular weight is 220 g/mol. The van der Waals surface area contributed by atoms with E-state index in [1.54, 1.807) is 12.1 Å². The van der Waals surface area contributed by atoms with Crippen molar-refractivity contribution in [1.82, 2.24) is 0 Å². The van der Waals surface area contributed by atoms with Crippen molar-refractivity contribution in [1.29, 1.82) is 0 Å². The van der Waals surface area contributed by atoms with E-state index in [0.717, 1.165) is 5.69 Å². The molecular weight excluding hydrogens is 208 g/mol. The van der Waals surface area contributed by atoms with Crippen LogP contribution >= 0.6 is 0 Å². The number of carboxylic acid groups (broad SMARTS) is 1. The van der Waals surface area contributed by atoms with Crippen molar-refractivity contribution in [3.8, 4) is 0 Å². The fourth-order valence-electron chi connectivity index (χ4n) is 1.78. The van der Waals surface area contributed by atoms with Gasteiger partial charge in [-0.3, -0.25) is 4.79 Å². The summed E-state index contributed by atoms with van der Waals surface area (Å²) in [5, 5.41) is 11.5. The molecule has 1 aromatic carbocycles. The highest BCUT2D eigenvalue weighted by Crippen LogP contribution is 2.30. The first kappa shape index (κ1) is 10.5. The summed E-state index contributed by atoms with van der Waals surface area (Å²) in [5.41, 5.74) is 1.61. The number of nitrogens with one attached hydrogen (secondary N) is 1. The largest absolute Gasteiger partial charge is 0.478 e. The van der Waals surface area contributed by atoms with Gasteiger partial charge in [0.15, 0.2) is 0 Å². The number of hydrogen-bond acceptors (Lipinski definition) is 3. The lowest BCUT2D eigenvalue weighted by atomic mass is 10.1. The van der Waals surface area contributed by atoms with Crippen molar-refractivity contribution in [3.63, 3.8) is 0 Å². The number of hydrogen-bond donors (Lipinski definition) is 2. The Labute approximate surface area is 92.7 Å². The number of anilines is 2. The Morgan fingerprint density at radius 2 is 2.31 bits per heavy atom. The predicted molar refractivity (Wildman–Crippen MR) is 59.9 cm³/mol. The van der Waals surface area contributed by atoms with Gasteiger partial charge in [0.1, 0.15) is 0 Å². The van der Waals surface area contributed by atoms with Gasteiger partial charge >= 0.3 is 5.97 Å². The Bertz CT molecular complexity index is 457. The van der Waals surface area contributed by atoms with E-state index in [2.05, 4.69) is 5.32 Å². The van der Waals surface area contributed by atoms with Gasteiger partial charge in [-0.2, -0.15) is 0 Å². The van der Waals surface area contributed by atoms with Crippen molar-refractivity contribution in [3.05, 3.63) is 23.8 Å². The molecule has 0 spiro atoms. The van der Waals surface area contributed by atoms with Gasteiger partial charge in [-0.05, 0) is 25.1 Å². The Morgan fingerprint density at radius 3 is 2.94 bits per heavy atom. The number of amides is 1. The topological polar surface area (TPSA) is 69.6 Å². The van der Waals surface area contributed by atoms with Crippen molar-refractivity contribution in [2.24, 2.45) is 0 Å². The van der Waals surface area contributed by atoms with Crippen molar-refractivity contribution >= 4 is 23.3 Å². The normalized spacial score (nSPS) is 14.3. The van der Waals surface area contributed by atoms with Crippen LogP contribution in [0.5, 0.6) is 0 Å². The molecule has 2 rings (SSSR count). The lowest BCUT2D eigenvalue weighted by Gasteiger charge is -2.29. The highest BCUT2D eigenvalue weighted by Gasteiger charge is 2.21. The van der Waals surface area contributed by atoms with Crippen LogP contribution in [0.15, 0.2) is 18.2 Å². The quantitative estimate of drug-likeness (QED) is 0.784. The maximum Gasteiger partial charge on any atom is 0.335 e. The van der Waals surface area contributed by atoms with Crippen LogP contribution in [0.3, 0.4) is 0 Å². The number of aromatic carboxylic acids is 1. The van der Waals surface area contributed by atoms with E-state index in [9.17, 15) is 9.59 Å². The lowest BCUT2D eigenvalue weighted by Crippen LogP contribution is -2.38. The van der Waals surface area contributed by atoms with Crippen LogP contribution in [0.25, 0.3) is 0 Å². The maximum absolute atomic E-state index is 11.4. The second kappa shape index (κ2) is 3.84. The summed E-state index contributed by atoms with van der Waals surface area (Å²) in [6.45, 7) is 2.98. The first-order chi connectivity index (χ1) is 7.61. The fourth-order valence-corrected chi connectivity index (χ4v) is 1.78. The molecule has 1 aliphatic rings. The molecule has 1 heterocycles. The number of fused-ring (bicyclic) bond motifs is 1. The Hall–Kier alpha value is -2.04. The second-order valence-corrected chi connectivity index (χ2v) is 3.60. The van der Waals surface area contributed by atoms with Gasteiger partial charge in [0.05, 0.1) is 23.5 Å². The SMILES string of the molecule is CCN1CC(=O)Nc2cc(C(=O)O)ccc21. The van der Waals surface area contributed by atoms with E-state index in [-0.39, 0.29) is 11.5 Å². The van der Waals surface area contributed by atoms with Crippen molar-refractivity contribution < 1.29 is 14.7 Å². The molecule has 0 saturated carbocycles. The zero-order valence-corrected chi connectivity index (χ0v) is 8.86. The third-order valence-corrected chi connectivity index (χ3v) is 2.57. The molecule has 16 heavy (non-hydrogen) atoms. The van der Waals surface area contributed by atoms with Crippen LogP contribution in [0.1, 0.15) is 17.3 Å². The highest BCUT2D eigenvalue weighted by atomic mass is 16.4. The first-order valence-electron chi connectivity index (χ1n) is 5.04. The van der Waals surface area contributed by atoms with E-state index < -0.39 is 5.97 Å². The number of carbonyl (C=O) groups is 2. The lowest BCUT2D eigenvalue weighted by molar-refractivity contribution is -0.115. The predicted octanol–water partition coefficient (Wildman–Crippen LogP) is 1.16. The number of nitrogens with zero attached hydrogens (tertiary/aromatic N) is 1. The molecular formula is C11H12N2O3. The van der Waals surface area contributed by atoms with Gasteiger partial charge in [-0.25, -0.2) is 4.79 Å². The summed E-state index contributed by atoms with van der Waals surface area (Å²) in [7, 11) is 0. The third kappa shape index (κ3) is 1.71. The maximum atomic E-state index is 11.4. The highest BCUT2D eigenvalue weighted by molar-refractivity contribution is 6.02. The number of rotatable bonds is 2. The van der Waals surface area contributed by atoms with Gasteiger partial charge in [0.2, 0.25) is 5.91 Å². The van der Waals surface area contributed by atoms with Crippen LogP contribution in [0.2, 0.25) is 0 Å². The summed E-state index contributed by atoms with van der Waals surface area (Å²) in [4.78, 5) is 24.1. The zero-order valence-electron chi connectivity index (χ0n) is 8.86. The molecule has 0 fully saturated rings. The van der Waals surface area contributed by atoms with Crippen molar-refractivity contribution in [2.45, 2.75) is 6.92 Å². The summed E-state index contributed by atoms with van der Waals surface area (Å²) in [6.07, 6.45) is 0. The number of carbonyl (C=O) groups excluding carboxylic acids is 1. The van der Waals surface area contributed by atoms with Gasteiger partial charge in [-0.1, -0.05) is 0 Å². The summed E-state index contributed by atoms with van der Waals surface area (Å²) in [6, 6.07) is 4.75. The van der Waals surface area contributed by atoms with Crippen LogP contribution in [0, 0.1) is 0 Å². The van der Waals surface area contributed by atoms with Crippen LogP contribution < -0.4 is 10.2 Å². The van der Waals surface area contributed by atoms with Gasteiger partial charge in [-0.15, -0.1) is 0 Å². The number of likely N-dealkylation sites (N-methyl/N-ethyl adjacent to an activating group) is 1. The fraction of sp³-hybridized carbons (Fsp3) is 0.273. The Morgan fingerprint density at radius 1 is 1.56 bits per heavy atom. The van der Waals surface area contributed by atoms with E-state index >= 15 is 0 Å². The van der Waals surface area contributed by atoms with Gasteiger partial charge in [0, 0.05) is 6.54 Å². The monoisotopic (exact) mass is 220 g/mol. The Kier molecular flexibility index (Phi) is 2.52. The summed E-state index contributed by atoms with van der Waals surface area (Å²) < 4.78 is 0. The second-order valence-electron chi connectivity index (χ2n) is 3.60. The first-order valence-corrected chi connectivity index (χ1v) is 5.04. The minimum Gasteiger partial charge on any atom is -0.478 e. The van der Waals surface area contributed by atoms with Crippen LogP contribution in [-0.2, 0) is 4.79 Å². The molecule has 5 nitrogen and oxygen atoms in total.